The molecular formula is C31H34N6O2. The summed E-state index contributed by atoms with van der Waals surface area (Å²) in [6, 6.07) is 25.5. The molecule has 2 fully saturated rings. The van der Waals surface area contributed by atoms with Gasteiger partial charge in [0, 0.05) is 45.5 Å². The molecule has 3 heterocycles. The summed E-state index contributed by atoms with van der Waals surface area (Å²) in [4.78, 5) is 37.6. The van der Waals surface area contributed by atoms with Crippen molar-refractivity contribution in [1.82, 2.24) is 20.1 Å². The lowest BCUT2D eigenvalue weighted by Gasteiger charge is -2.44. The largest absolute Gasteiger partial charge is 0.353 e. The second kappa shape index (κ2) is 11.6. The van der Waals surface area contributed by atoms with Crippen molar-refractivity contribution in [3.63, 3.8) is 0 Å². The van der Waals surface area contributed by atoms with Gasteiger partial charge in [0.05, 0.1) is 23.1 Å². The van der Waals surface area contributed by atoms with Crippen LogP contribution in [-0.2, 0) is 10.2 Å². The number of aromatic nitrogens is 1. The first kappa shape index (κ1) is 26.2. The molecule has 8 nitrogen and oxygen atoms in total. The highest BCUT2D eigenvalue weighted by Crippen LogP contribution is 2.37. The Labute approximate surface area is 229 Å². The maximum Gasteiger partial charge on any atom is 0.320 e. The van der Waals surface area contributed by atoms with Gasteiger partial charge in [0.15, 0.2) is 0 Å². The van der Waals surface area contributed by atoms with Crippen LogP contribution in [0.5, 0.6) is 0 Å². The molecule has 39 heavy (non-hydrogen) atoms. The highest BCUT2D eigenvalue weighted by molar-refractivity contribution is 5.89. The van der Waals surface area contributed by atoms with Crippen molar-refractivity contribution in [1.29, 1.82) is 5.26 Å². The van der Waals surface area contributed by atoms with Crippen molar-refractivity contribution in [3.8, 4) is 6.07 Å². The molecule has 0 spiro atoms. The number of urea groups is 1. The van der Waals surface area contributed by atoms with Crippen LogP contribution in [0.3, 0.4) is 0 Å². The van der Waals surface area contributed by atoms with Gasteiger partial charge in [0.1, 0.15) is 5.82 Å². The third-order valence-corrected chi connectivity index (χ3v) is 8.04. The first-order chi connectivity index (χ1) is 19.0. The van der Waals surface area contributed by atoms with Crippen molar-refractivity contribution in [3.05, 3.63) is 95.7 Å². The van der Waals surface area contributed by atoms with E-state index in [1.807, 2.05) is 77.4 Å². The maximum atomic E-state index is 13.8. The molecule has 0 radical (unpaired) electrons. The fraction of sp³-hybridized carbons (Fsp3) is 0.355. The normalized spacial score (nSPS) is 17.7. The molecule has 1 atom stereocenters. The fourth-order valence-corrected chi connectivity index (χ4v) is 5.63. The first-order valence-electron chi connectivity index (χ1n) is 13.6. The number of carbonyl (C=O) groups excluding carboxylic acids is 2. The second-order valence-corrected chi connectivity index (χ2v) is 10.3. The van der Waals surface area contributed by atoms with Crippen LogP contribution in [0.15, 0.2) is 79.0 Å². The molecule has 0 aliphatic carbocycles. The Morgan fingerprint density at radius 1 is 0.897 bits per heavy atom. The number of amides is 3. The van der Waals surface area contributed by atoms with Gasteiger partial charge in [-0.25, -0.2) is 9.78 Å². The van der Waals surface area contributed by atoms with Crippen LogP contribution < -0.4 is 10.2 Å². The van der Waals surface area contributed by atoms with Gasteiger partial charge in [-0.2, -0.15) is 5.26 Å². The van der Waals surface area contributed by atoms with E-state index in [9.17, 15) is 14.9 Å². The summed E-state index contributed by atoms with van der Waals surface area (Å²) in [7, 11) is 0. The van der Waals surface area contributed by atoms with E-state index < -0.39 is 5.41 Å². The number of anilines is 1. The summed E-state index contributed by atoms with van der Waals surface area (Å²) in [5.74, 6) is 0.778. The van der Waals surface area contributed by atoms with E-state index in [-0.39, 0.29) is 18.0 Å². The van der Waals surface area contributed by atoms with E-state index in [0.717, 1.165) is 16.9 Å². The topological polar surface area (TPSA) is 92.6 Å². The SMILES string of the molecule is C[C@H](NC(=O)C1(c2ccccc2)CCN(C(=O)N2CCN(c3cc(C#N)ccn3)CC2)CC1)c1ccccc1. The number of nitrogens with zero attached hydrogens (tertiary/aromatic N) is 5. The third kappa shape index (κ3) is 5.58. The molecule has 0 bridgehead atoms. The lowest BCUT2D eigenvalue weighted by molar-refractivity contribution is -0.129. The van der Waals surface area contributed by atoms with Crippen molar-refractivity contribution in [2.45, 2.75) is 31.2 Å². The van der Waals surface area contributed by atoms with Crippen LogP contribution in [0.25, 0.3) is 0 Å². The van der Waals surface area contributed by atoms with E-state index in [0.29, 0.717) is 57.7 Å². The average molecular weight is 523 g/mol. The monoisotopic (exact) mass is 522 g/mol. The van der Waals surface area contributed by atoms with Crippen LogP contribution in [0, 0.1) is 11.3 Å². The van der Waals surface area contributed by atoms with Crippen molar-refractivity contribution >= 4 is 17.8 Å². The lowest BCUT2D eigenvalue weighted by atomic mass is 9.71. The zero-order valence-electron chi connectivity index (χ0n) is 22.3. The van der Waals surface area contributed by atoms with Crippen LogP contribution in [0.1, 0.15) is 42.5 Å². The van der Waals surface area contributed by atoms with Crippen molar-refractivity contribution in [2.75, 3.05) is 44.2 Å². The predicted octanol–water partition coefficient (Wildman–Crippen LogP) is 4.11. The van der Waals surface area contributed by atoms with E-state index >= 15 is 0 Å². The number of hydrogen-bond donors (Lipinski definition) is 1. The molecule has 2 aromatic carbocycles. The molecule has 8 heteroatoms. The van der Waals surface area contributed by atoms with E-state index in [4.69, 9.17) is 0 Å². The van der Waals surface area contributed by atoms with E-state index in [1.165, 1.54) is 0 Å². The molecule has 0 unspecified atom stereocenters. The molecule has 1 aromatic heterocycles. The summed E-state index contributed by atoms with van der Waals surface area (Å²) in [6.45, 7) is 5.56. The molecule has 3 amide bonds. The van der Waals surface area contributed by atoms with Gasteiger partial charge in [-0.15, -0.1) is 0 Å². The highest BCUT2D eigenvalue weighted by atomic mass is 16.2. The lowest BCUT2D eigenvalue weighted by Crippen LogP contribution is -2.57. The number of hydrogen-bond acceptors (Lipinski definition) is 5. The maximum absolute atomic E-state index is 13.8. The third-order valence-electron chi connectivity index (χ3n) is 8.04. The Hall–Kier alpha value is -4.38. The Kier molecular flexibility index (Phi) is 7.78. The second-order valence-electron chi connectivity index (χ2n) is 10.3. The van der Waals surface area contributed by atoms with Gasteiger partial charge in [-0.1, -0.05) is 60.7 Å². The molecule has 5 rings (SSSR count). The van der Waals surface area contributed by atoms with Gasteiger partial charge in [0.2, 0.25) is 5.91 Å². The van der Waals surface area contributed by atoms with Crippen LogP contribution >= 0.6 is 0 Å². The van der Waals surface area contributed by atoms with Gasteiger partial charge in [-0.05, 0) is 43.0 Å². The standard InChI is InChI=1S/C31H34N6O2/c1-24(26-8-4-2-5-9-26)34-29(38)31(27-10-6-3-7-11-27)13-16-36(17-14-31)30(39)37-20-18-35(19-21-37)28-22-25(23-32)12-15-33-28/h2-12,15,22,24H,13-14,16-21H2,1H3,(H,34,38)/t24-/m0/s1. The predicted molar refractivity (Wildman–Crippen MR) is 150 cm³/mol. The summed E-state index contributed by atoms with van der Waals surface area (Å²) < 4.78 is 0. The summed E-state index contributed by atoms with van der Waals surface area (Å²) >= 11 is 0. The number of piperidine rings is 1. The number of carbonyl (C=O) groups is 2. The van der Waals surface area contributed by atoms with Gasteiger partial charge in [-0.3, -0.25) is 4.79 Å². The Morgan fingerprint density at radius 3 is 2.15 bits per heavy atom. The number of pyridine rings is 1. The molecule has 3 aromatic rings. The van der Waals surface area contributed by atoms with Crippen LogP contribution in [-0.4, -0.2) is 66.0 Å². The van der Waals surface area contributed by atoms with Crippen LogP contribution in [0.4, 0.5) is 10.6 Å². The molecule has 200 valence electrons. The zero-order valence-corrected chi connectivity index (χ0v) is 22.3. The minimum absolute atomic E-state index is 0.0119. The Bertz CT molecular complexity index is 1320. The number of piperazine rings is 1. The quantitative estimate of drug-likeness (QED) is 0.545. The van der Waals surface area contributed by atoms with E-state index in [2.05, 4.69) is 21.3 Å². The summed E-state index contributed by atoms with van der Waals surface area (Å²) in [5.41, 5.74) is 1.96. The zero-order chi connectivity index (χ0) is 27.2. The molecule has 0 saturated carbocycles. The molecule has 2 aliphatic rings. The van der Waals surface area contributed by atoms with Crippen molar-refractivity contribution in [2.24, 2.45) is 0 Å². The minimum atomic E-state index is -0.683. The average Bonchev–Trinajstić information content (AvgIpc) is 3.01. The van der Waals surface area contributed by atoms with E-state index in [1.54, 1.807) is 18.3 Å². The Balaban J connectivity index is 1.23. The van der Waals surface area contributed by atoms with Gasteiger partial charge < -0.3 is 20.0 Å². The van der Waals surface area contributed by atoms with Gasteiger partial charge in [0.25, 0.3) is 0 Å². The first-order valence-corrected chi connectivity index (χ1v) is 13.6. The molecular weight excluding hydrogens is 488 g/mol. The number of rotatable bonds is 5. The minimum Gasteiger partial charge on any atom is -0.353 e. The fourth-order valence-electron chi connectivity index (χ4n) is 5.63. The molecule has 2 saturated heterocycles. The molecule has 1 N–H and O–H groups in total. The number of likely N-dealkylation sites (tertiary alicyclic amines) is 1. The number of benzene rings is 2. The van der Waals surface area contributed by atoms with Crippen molar-refractivity contribution < 1.29 is 9.59 Å². The number of nitriles is 1. The molecule has 2 aliphatic heterocycles. The summed E-state index contributed by atoms with van der Waals surface area (Å²) in [5, 5.41) is 12.4. The summed E-state index contributed by atoms with van der Waals surface area (Å²) in [6.07, 6.45) is 2.79. The smallest absolute Gasteiger partial charge is 0.320 e. The van der Waals surface area contributed by atoms with Gasteiger partial charge >= 0.3 is 6.03 Å². The highest BCUT2D eigenvalue weighted by Gasteiger charge is 2.44. The van der Waals surface area contributed by atoms with Crippen LogP contribution in [0.2, 0.25) is 0 Å². The number of nitrogens with one attached hydrogen (secondary N) is 1. The Morgan fingerprint density at radius 2 is 1.51 bits per heavy atom.